The van der Waals surface area contributed by atoms with E-state index in [9.17, 15) is 4.79 Å². The Labute approximate surface area is 183 Å². The molecule has 0 aliphatic rings. The van der Waals surface area contributed by atoms with Crippen molar-refractivity contribution in [2.24, 2.45) is 0 Å². The predicted octanol–water partition coefficient (Wildman–Crippen LogP) is 2.80. The fraction of sp³-hybridized carbons (Fsp3) is 0.333. The maximum absolute atomic E-state index is 12.8. The van der Waals surface area contributed by atoms with Gasteiger partial charge in [-0.05, 0) is 79.8 Å². The number of aromatic amines is 1. The monoisotopic (exact) mass is 423 g/mol. The molecule has 6 heteroatoms. The molecule has 3 N–H and O–H groups in total. The molecule has 3 rings (SSSR count). The average Bonchev–Trinajstić information content (AvgIpc) is 2.68. The number of hydrogen-bond acceptors (Lipinski definition) is 2. The van der Waals surface area contributed by atoms with E-state index in [1.807, 2.05) is 24.3 Å². The molecule has 2 aromatic carbocycles. The number of quaternary nitrogens is 1. The Bertz CT molecular complexity index is 1100. The summed E-state index contributed by atoms with van der Waals surface area (Å²) in [4.78, 5) is 19.2. The number of fused-ring (bicyclic) bond motifs is 1. The van der Waals surface area contributed by atoms with E-state index in [1.165, 1.54) is 21.6 Å². The van der Waals surface area contributed by atoms with Crippen LogP contribution in [0.25, 0.3) is 10.9 Å². The highest BCUT2D eigenvalue weighted by Crippen LogP contribution is 2.18. The summed E-state index contributed by atoms with van der Waals surface area (Å²) in [6.45, 7) is 8.34. The number of nitrogens with zero attached hydrogens (tertiary/aromatic N) is 1. The molecule has 158 valence electrons. The third kappa shape index (κ3) is 5.46. The summed E-state index contributed by atoms with van der Waals surface area (Å²) in [5.41, 5.74) is 6.06. The summed E-state index contributed by atoms with van der Waals surface area (Å²) >= 11 is 5.71. The molecule has 0 radical (unpaired) electrons. The summed E-state index contributed by atoms with van der Waals surface area (Å²) in [5.74, 6) is 0. The van der Waals surface area contributed by atoms with Crippen LogP contribution in [0.15, 0.2) is 47.3 Å². The SMILES string of the molecule is Cc1ccc(NC(=S)N(CC[NH+](C)C)Cc2cc3cc(C)c(C)cc3[nH]c2=O)cc1. The minimum Gasteiger partial charge on any atom is -0.339 e. The summed E-state index contributed by atoms with van der Waals surface area (Å²) in [7, 11) is 4.23. The first-order chi connectivity index (χ1) is 14.2. The van der Waals surface area contributed by atoms with E-state index >= 15 is 0 Å². The predicted molar refractivity (Wildman–Crippen MR) is 130 cm³/mol. The summed E-state index contributed by atoms with van der Waals surface area (Å²) in [5, 5.41) is 4.99. The summed E-state index contributed by atoms with van der Waals surface area (Å²) < 4.78 is 0. The Kier molecular flexibility index (Phi) is 6.90. The molecule has 0 saturated heterocycles. The van der Waals surface area contributed by atoms with Gasteiger partial charge < -0.3 is 20.1 Å². The molecule has 0 aliphatic heterocycles. The van der Waals surface area contributed by atoms with Crippen molar-refractivity contribution in [3.8, 4) is 0 Å². The van der Waals surface area contributed by atoms with E-state index in [2.05, 4.69) is 68.3 Å². The largest absolute Gasteiger partial charge is 0.339 e. The Balaban J connectivity index is 1.87. The number of thiocarbonyl (C=S) groups is 1. The number of benzene rings is 2. The van der Waals surface area contributed by atoms with Gasteiger partial charge in [0.1, 0.15) is 0 Å². The van der Waals surface area contributed by atoms with Crippen LogP contribution < -0.4 is 15.8 Å². The average molecular weight is 424 g/mol. The molecule has 3 aromatic rings. The molecule has 1 aromatic heterocycles. The van der Waals surface area contributed by atoms with Crippen LogP contribution in [0.2, 0.25) is 0 Å². The van der Waals surface area contributed by atoms with Crippen LogP contribution in [0.3, 0.4) is 0 Å². The maximum Gasteiger partial charge on any atom is 0.253 e. The van der Waals surface area contributed by atoms with E-state index in [1.54, 1.807) is 0 Å². The fourth-order valence-electron chi connectivity index (χ4n) is 3.30. The number of hydrogen-bond donors (Lipinski definition) is 3. The van der Waals surface area contributed by atoms with Gasteiger partial charge in [-0.3, -0.25) is 4.79 Å². The Morgan fingerprint density at radius 3 is 2.40 bits per heavy atom. The third-order valence-corrected chi connectivity index (χ3v) is 5.73. The van der Waals surface area contributed by atoms with Crippen LogP contribution >= 0.6 is 12.2 Å². The normalized spacial score (nSPS) is 11.1. The van der Waals surface area contributed by atoms with E-state index in [0.717, 1.165) is 29.7 Å². The molecule has 0 spiro atoms. The Morgan fingerprint density at radius 2 is 1.73 bits per heavy atom. The molecule has 0 saturated carbocycles. The van der Waals surface area contributed by atoms with Gasteiger partial charge in [0.15, 0.2) is 5.11 Å². The lowest BCUT2D eigenvalue weighted by molar-refractivity contribution is -0.857. The molecule has 0 fully saturated rings. The van der Waals surface area contributed by atoms with Crippen molar-refractivity contribution >= 4 is 33.9 Å². The zero-order valence-electron chi connectivity index (χ0n) is 18.4. The van der Waals surface area contributed by atoms with Crippen LogP contribution in [-0.2, 0) is 6.54 Å². The summed E-state index contributed by atoms with van der Waals surface area (Å²) in [6.07, 6.45) is 0. The minimum atomic E-state index is -0.0638. The fourth-order valence-corrected chi connectivity index (χ4v) is 3.57. The van der Waals surface area contributed by atoms with Crippen molar-refractivity contribution in [3.05, 3.63) is 75.1 Å². The highest BCUT2D eigenvalue weighted by Gasteiger charge is 2.15. The number of pyridine rings is 1. The van der Waals surface area contributed by atoms with Gasteiger partial charge in [-0.1, -0.05) is 17.7 Å². The number of rotatable bonds is 6. The molecule has 0 bridgehead atoms. The topological polar surface area (TPSA) is 52.6 Å². The molecule has 5 nitrogen and oxygen atoms in total. The zero-order valence-corrected chi connectivity index (χ0v) is 19.2. The quantitative estimate of drug-likeness (QED) is 0.534. The highest BCUT2D eigenvalue weighted by atomic mass is 32.1. The molecule has 0 aliphatic carbocycles. The standard InChI is InChI=1S/C24H30N4OS/c1-16-6-8-21(9-7-16)25-24(30)28(11-10-27(4)5)15-20-14-19-12-17(2)18(3)13-22(19)26-23(20)29/h6-9,12-14H,10-11,15H2,1-5H3,(H,25,30)(H,26,29)/p+1. The lowest BCUT2D eigenvalue weighted by Gasteiger charge is -2.26. The zero-order chi connectivity index (χ0) is 21.8. The van der Waals surface area contributed by atoms with Crippen LogP contribution in [-0.4, -0.2) is 42.2 Å². The third-order valence-electron chi connectivity index (χ3n) is 5.37. The van der Waals surface area contributed by atoms with Crippen molar-refractivity contribution < 1.29 is 4.90 Å². The number of aryl methyl sites for hydroxylation is 3. The number of aromatic nitrogens is 1. The van der Waals surface area contributed by atoms with Crippen molar-refractivity contribution in [1.82, 2.24) is 9.88 Å². The van der Waals surface area contributed by atoms with Gasteiger partial charge in [0.2, 0.25) is 0 Å². The Hall–Kier alpha value is -2.70. The van der Waals surface area contributed by atoms with E-state index < -0.39 is 0 Å². The van der Waals surface area contributed by atoms with Crippen LogP contribution in [0.4, 0.5) is 5.69 Å². The first-order valence-corrected chi connectivity index (χ1v) is 10.7. The molecular weight excluding hydrogens is 392 g/mol. The summed E-state index contributed by atoms with van der Waals surface area (Å²) in [6, 6.07) is 14.3. The van der Waals surface area contributed by atoms with Crippen molar-refractivity contribution in [2.75, 3.05) is 32.5 Å². The number of nitrogens with one attached hydrogen (secondary N) is 3. The van der Waals surface area contributed by atoms with Crippen LogP contribution in [0, 0.1) is 20.8 Å². The van der Waals surface area contributed by atoms with Crippen molar-refractivity contribution in [3.63, 3.8) is 0 Å². The first-order valence-electron chi connectivity index (χ1n) is 10.3. The molecule has 1 heterocycles. The van der Waals surface area contributed by atoms with Crippen LogP contribution in [0.1, 0.15) is 22.3 Å². The van der Waals surface area contributed by atoms with Gasteiger partial charge in [-0.25, -0.2) is 0 Å². The van der Waals surface area contributed by atoms with Crippen LogP contribution in [0.5, 0.6) is 0 Å². The van der Waals surface area contributed by atoms with Gasteiger partial charge in [0, 0.05) is 16.8 Å². The van der Waals surface area contributed by atoms with Crippen molar-refractivity contribution in [2.45, 2.75) is 27.3 Å². The molecular formula is C24H31N4OS+. The lowest BCUT2D eigenvalue weighted by Crippen LogP contribution is -3.06. The van der Waals surface area contributed by atoms with Gasteiger partial charge in [-0.2, -0.15) is 0 Å². The second-order valence-electron chi connectivity index (χ2n) is 8.32. The van der Waals surface area contributed by atoms with E-state index in [-0.39, 0.29) is 5.56 Å². The number of likely N-dealkylation sites (N-methyl/N-ethyl adjacent to an activating group) is 1. The van der Waals surface area contributed by atoms with Gasteiger partial charge >= 0.3 is 0 Å². The molecule has 0 atom stereocenters. The number of anilines is 1. The van der Waals surface area contributed by atoms with Crippen molar-refractivity contribution in [1.29, 1.82) is 0 Å². The maximum atomic E-state index is 12.8. The molecule has 30 heavy (non-hydrogen) atoms. The number of H-pyrrole nitrogens is 1. The van der Waals surface area contributed by atoms with E-state index in [4.69, 9.17) is 12.2 Å². The van der Waals surface area contributed by atoms with Gasteiger partial charge in [-0.15, -0.1) is 0 Å². The molecule has 0 unspecified atom stereocenters. The van der Waals surface area contributed by atoms with E-state index in [0.29, 0.717) is 17.2 Å². The smallest absolute Gasteiger partial charge is 0.253 e. The second-order valence-corrected chi connectivity index (χ2v) is 8.71. The lowest BCUT2D eigenvalue weighted by atomic mass is 10.0. The van der Waals surface area contributed by atoms with Gasteiger partial charge in [0.05, 0.1) is 33.7 Å². The first kappa shape index (κ1) is 22.0. The molecule has 0 amide bonds. The Morgan fingerprint density at radius 1 is 1.07 bits per heavy atom. The second kappa shape index (κ2) is 9.41. The minimum absolute atomic E-state index is 0.0638. The van der Waals surface area contributed by atoms with Gasteiger partial charge in [0.25, 0.3) is 5.56 Å². The highest BCUT2D eigenvalue weighted by molar-refractivity contribution is 7.80.